The molecule has 1 N–H and O–H groups in total. The van der Waals surface area contributed by atoms with E-state index >= 15 is 0 Å². The normalized spacial score (nSPS) is 16.5. The van der Waals surface area contributed by atoms with Crippen LogP contribution in [-0.2, 0) is 17.6 Å². The Labute approximate surface area is 134 Å². The lowest BCUT2D eigenvalue weighted by molar-refractivity contribution is -0.128. The lowest BCUT2D eigenvalue weighted by Gasteiger charge is -2.22. The number of nitrogens with one attached hydrogen (secondary N) is 1. The summed E-state index contributed by atoms with van der Waals surface area (Å²) in [7, 11) is 0. The monoisotopic (exact) mass is 303 g/mol. The number of aryl methyl sites for hydroxylation is 2. The van der Waals surface area contributed by atoms with E-state index in [9.17, 15) is 4.79 Å². The zero-order chi connectivity index (χ0) is 15.9. The van der Waals surface area contributed by atoms with Gasteiger partial charge in [-0.15, -0.1) is 0 Å². The van der Waals surface area contributed by atoms with Crippen LogP contribution in [0.1, 0.15) is 64.0 Å². The summed E-state index contributed by atoms with van der Waals surface area (Å²) in [5.41, 5.74) is 2.83. The van der Waals surface area contributed by atoms with Crippen LogP contribution < -0.4 is 10.1 Å². The summed E-state index contributed by atoms with van der Waals surface area (Å²) >= 11 is 0. The Morgan fingerprint density at radius 2 is 1.95 bits per heavy atom. The second-order valence-electron chi connectivity index (χ2n) is 6.35. The topological polar surface area (TPSA) is 38.3 Å². The molecule has 0 aromatic heterocycles. The van der Waals surface area contributed by atoms with E-state index in [0.717, 1.165) is 25.0 Å². The standard InChI is InChI=1S/C19H29NO2/c1-4-8-14(3)20-19(21)18(5-2)22-17-12-11-15-9-6-7-10-16(15)13-17/h11-14,18H,4-10H2,1-3H3,(H,20,21)/t14-,18+/m0/s1. The molecular formula is C19H29NO2. The molecule has 0 spiro atoms. The molecule has 1 aromatic rings. The number of amides is 1. The minimum absolute atomic E-state index is 0.00108. The zero-order valence-electron chi connectivity index (χ0n) is 14.2. The van der Waals surface area contributed by atoms with Crippen molar-refractivity contribution in [3.05, 3.63) is 29.3 Å². The molecule has 1 aliphatic rings. The number of rotatable bonds is 7. The quantitative estimate of drug-likeness (QED) is 0.826. The van der Waals surface area contributed by atoms with Crippen molar-refractivity contribution in [3.63, 3.8) is 0 Å². The lowest BCUT2D eigenvalue weighted by atomic mass is 9.92. The molecule has 0 radical (unpaired) electrons. The van der Waals surface area contributed by atoms with Crippen LogP contribution >= 0.6 is 0 Å². The van der Waals surface area contributed by atoms with Crippen molar-refractivity contribution in [2.45, 2.75) is 77.9 Å². The van der Waals surface area contributed by atoms with Crippen LogP contribution in [0.3, 0.4) is 0 Å². The predicted octanol–water partition coefficient (Wildman–Crippen LogP) is 4.03. The first-order valence-corrected chi connectivity index (χ1v) is 8.72. The number of benzene rings is 1. The third-order valence-electron chi connectivity index (χ3n) is 4.37. The van der Waals surface area contributed by atoms with Crippen molar-refractivity contribution in [2.24, 2.45) is 0 Å². The van der Waals surface area contributed by atoms with Gasteiger partial charge in [0.05, 0.1) is 0 Å². The molecule has 0 heterocycles. The number of carbonyl (C=O) groups excluding carboxylic acids is 1. The van der Waals surface area contributed by atoms with Crippen LogP contribution in [0.25, 0.3) is 0 Å². The van der Waals surface area contributed by atoms with Crippen LogP contribution in [0.2, 0.25) is 0 Å². The first-order valence-electron chi connectivity index (χ1n) is 8.72. The van der Waals surface area contributed by atoms with Gasteiger partial charge in [-0.05, 0) is 68.7 Å². The Morgan fingerprint density at radius 3 is 2.64 bits per heavy atom. The molecule has 0 saturated carbocycles. The molecule has 1 aromatic carbocycles. The highest BCUT2D eigenvalue weighted by molar-refractivity contribution is 5.81. The minimum atomic E-state index is -0.402. The van der Waals surface area contributed by atoms with E-state index in [4.69, 9.17) is 4.74 Å². The fourth-order valence-electron chi connectivity index (χ4n) is 3.11. The molecule has 1 aliphatic carbocycles. The third-order valence-corrected chi connectivity index (χ3v) is 4.37. The fraction of sp³-hybridized carbons (Fsp3) is 0.632. The van der Waals surface area contributed by atoms with Gasteiger partial charge in [0.2, 0.25) is 0 Å². The van der Waals surface area contributed by atoms with Gasteiger partial charge >= 0.3 is 0 Å². The molecule has 0 aliphatic heterocycles. The number of hydrogen-bond donors (Lipinski definition) is 1. The fourth-order valence-corrected chi connectivity index (χ4v) is 3.11. The molecule has 0 unspecified atom stereocenters. The summed E-state index contributed by atoms with van der Waals surface area (Å²) < 4.78 is 5.96. The average molecular weight is 303 g/mol. The predicted molar refractivity (Wildman–Crippen MR) is 90.3 cm³/mol. The Bertz CT molecular complexity index is 498. The number of fused-ring (bicyclic) bond motifs is 1. The van der Waals surface area contributed by atoms with Crippen LogP contribution in [0, 0.1) is 0 Å². The van der Waals surface area contributed by atoms with Gasteiger partial charge in [0.25, 0.3) is 5.91 Å². The number of hydrogen-bond acceptors (Lipinski definition) is 2. The van der Waals surface area contributed by atoms with E-state index in [0.29, 0.717) is 6.42 Å². The van der Waals surface area contributed by atoms with Crippen molar-refractivity contribution in [2.75, 3.05) is 0 Å². The summed E-state index contributed by atoms with van der Waals surface area (Å²) in [4.78, 5) is 12.3. The maximum Gasteiger partial charge on any atom is 0.261 e. The Hall–Kier alpha value is -1.51. The molecule has 0 fully saturated rings. The van der Waals surface area contributed by atoms with Crippen LogP contribution in [-0.4, -0.2) is 18.1 Å². The van der Waals surface area contributed by atoms with E-state index < -0.39 is 6.10 Å². The number of ether oxygens (including phenoxy) is 1. The first-order chi connectivity index (χ1) is 10.6. The van der Waals surface area contributed by atoms with E-state index in [1.165, 1.54) is 30.4 Å². The molecule has 122 valence electrons. The maximum atomic E-state index is 12.3. The van der Waals surface area contributed by atoms with Gasteiger partial charge in [0, 0.05) is 6.04 Å². The molecular weight excluding hydrogens is 274 g/mol. The number of carbonyl (C=O) groups is 1. The second kappa shape index (κ2) is 8.21. The van der Waals surface area contributed by atoms with Crippen LogP contribution in [0.4, 0.5) is 0 Å². The van der Waals surface area contributed by atoms with Crippen molar-refractivity contribution in [1.29, 1.82) is 0 Å². The van der Waals surface area contributed by atoms with Crippen molar-refractivity contribution in [3.8, 4) is 5.75 Å². The first kappa shape index (κ1) is 16.9. The van der Waals surface area contributed by atoms with Crippen molar-refractivity contribution >= 4 is 5.91 Å². The summed E-state index contributed by atoms with van der Waals surface area (Å²) in [6, 6.07) is 6.50. The molecule has 3 heteroatoms. The van der Waals surface area contributed by atoms with Crippen LogP contribution in [0.5, 0.6) is 5.75 Å². The minimum Gasteiger partial charge on any atom is -0.481 e. The Morgan fingerprint density at radius 1 is 1.23 bits per heavy atom. The van der Waals surface area contributed by atoms with Crippen molar-refractivity contribution < 1.29 is 9.53 Å². The Balaban J connectivity index is 1.99. The van der Waals surface area contributed by atoms with E-state index in [2.05, 4.69) is 24.4 Å². The molecule has 2 rings (SSSR count). The van der Waals surface area contributed by atoms with Gasteiger partial charge < -0.3 is 10.1 Å². The summed E-state index contributed by atoms with van der Waals surface area (Å²) in [6.45, 7) is 6.17. The van der Waals surface area contributed by atoms with Gasteiger partial charge in [0.15, 0.2) is 6.10 Å². The molecule has 1 amide bonds. The summed E-state index contributed by atoms with van der Waals surface area (Å²) in [5, 5.41) is 3.05. The van der Waals surface area contributed by atoms with Gasteiger partial charge in [0.1, 0.15) is 5.75 Å². The molecule has 2 atom stereocenters. The summed E-state index contributed by atoms with van der Waals surface area (Å²) in [5.74, 6) is 0.826. The van der Waals surface area contributed by atoms with E-state index in [1.807, 2.05) is 19.9 Å². The Kier molecular flexibility index (Phi) is 6.29. The van der Waals surface area contributed by atoms with Crippen molar-refractivity contribution in [1.82, 2.24) is 5.32 Å². The largest absolute Gasteiger partial charge is 0.481 e. The van der Waals surface area contributed by atoms with Gasteiger partial charge in [-0.25, -0.2) is 0 Å². The SMILES string of the molecule is CCC[C@H](C)NC(=O)[C@@H](CC)Oc1ccc2c(c1)CCCC2. The molecule has 0 bridgehead atoms. The van der Waals surface area contributed by atoms with Crippen LogP contribution in [0.15, 0.2) is 18.2 Å². The summed E-state index contributed by atoms with van der Waals surface area (Å²) in [6.07, 6.45) is 7.18. The zero-order valence-corrected chi connectivity index (χ0v) is 14.2. The molecule has 0 saturated heterocycles. The maximum absolute atomic E-state index is 12.3. The second-order valence-corrected chi connectivity index (χ2v) is 6.35. The highest BCUT2D eigenvalue weighted by atomic mass is 16.5. The van der Waals surface area contributed by atoms with Gasteiger partial charge in [-0.1, -0.05) is 26.3 Å². The van der Waals surface area contributed by atoms with E-state index in [1.54, 1.807) is 0 Å². The highest BCUT2D eigenvalue weighted by Gasteiger charge is 2.20. The lowest BCUT2D eigenvalue weighted by Crippen LogP contribution is -2.42. The highest BCUT2D eigenvalue weighted by Crippen LogP contribution is 2.26. The smallest absolute Gasteiger partial charge is 0.261 e. The molecule has 3 nitrogen and oxygen atoms in total. The average Bonchev–Trinajstić information content (AvgIpc) is 2.52. The third kappa shape index (κ3) is 4.49. The van der Waals surface area contributed by atoms with Gasteiger partial charge in [-0.3, -0.25) is 4.79 Å². The van der Waals surface area contributed by atoms with E-state index in [-0.39, 0.29) is 11.9 Å². The molecule has 22 heavy (non-hydrogen) atoms. The van der Waals surface area contributed by atoms with Gasteiger partial charge in [-0.2, -0.15) is 0 Å².